The summed E-state index contributed by atoms with van der Waals surface area (Å²) in [6.45, 7) is 2.44. The SMILES string of the molecule is CCOc1ccccc1Oc1cccc(Cl)c1C(=N)N. The summed E-state index contributed by atoms with van der Waals surface area (Å²) in [5.74, 6) is 1.47. The second-order valence-corrected chi connectivity index (χ2v) is 4.42. The predicted octanol–water partition coefficient (Wildman–Crippen LogP) is 3.82. The zero-order valence-corrected chi connectivity index (χ0v) is 11.8. The van der Waals surface area contributed by atoms with Crippen molar-refractivity contribution in [2.45, 2.75) is 6.92 Å². The van der Waals surface area contributed by atoms with Gasteiger partial charge in [-0.1, -0.05) is 29.8 Å². The highest BCUT2D eigenvalue weighted by Crippen LogP contribution is 2.35. The summed E-state index contributed by atoms with van der Waals surface area (Å²) in [5, 5.41) is 7.98. The maximum atomic E-state index is 7.60. The van der Waals surface area contributed by atoms with Crippen molar-refractivity contribution in [3.8, 4) is 17.2 Å². The van der Waals surface area contributed by atoms with E-state index in [4.69, 9.17) is 32.2 Å². The van der Waals surface area contributed by atoms with Crippen molar-refractivity contribution in [1.29, 1.82) is 5.41 Å². The predicted molar refractivity (Wildman–Crippen MR) is 80.2 cm³/mol. The first-order valence-corrected chi connectivity index (χ1v) is 6.54. The van der Waals surface area contributed by atoms with Crippen molar-refractivity contribution in [3.05, 3.63) is 53.1 Å². The Morgan fingerprint density at radius 1 is 1.10 bits per heavy atom. The van der Waals surface area contributed by atoms with E-state index < -0.39 is 0 Å². The van der Waals surface area contributed by atoms with Crippen LogP contribution in [0.2, 0.25) is 5.02 Å². The average Bonchev–Trinajstić information content (AvgIpc) is 2.41. The number of nitrogens with two attached hydrogens (primary N) is 1. The Balaban J connectivity index is 2.40. The summed E-state index contributed by atoms with van der Waals surface area (Å²) in [4.78, 5) is 0. The second-order valence-electron chi connectivity index (χ2n) is 4.01. The normalized spacial score (nSPS) is 10.1. The highest BCUT2D eigenvalue weighted by Gasteiger charge is 2.13. The monoisotopic (exact) mass is 290 g/mol. The molecule has 0 aliphatic heterocycles. The molecule has 0 unspecified atom stereocenters. The van der Waals surface area contributed by atoms with Crippen LogP contribution in [0.5, 0.6) is 17.2 Å². The lowest BCUT2D eigenvalue weighted by Crippen LogP contribution is -2.13. The lowest BCUT2D eigenvalue weighted by Gasteiger charge is -2.14. The summed E-state index contributed by atoms with van der Waals surface area (Å²) < 4.78 is 11.3. The Labute approximate surface area is 122 Å². The molecule has 5 heteroatoms. The third kappa shape index (κ3) is 3.03. The highest BCUT2D eigenvalue weighted by atomic mass is 35.5. The van der Waals surface area contributed by atoms with Crippen LogP contribution >= 0.6 is 11.6 Å². The number of para-hydroxylation sites is 2. The van der Waals surface area contributed by atoms with Crippen LogP contribution < -0.4 is 15.2 Å². The number of halogens is 1. The molecule has 0 fully saturated rings. The van der Waals surface area contributed by atoms with Crippen molar-refractivity contribution in [3.63, 3.8) is 0 Å². The van der Waals surface area contributed by atoms with Crippen molar-refractivity contribution in [1.82, 2.24) is 0 Å². The van der Waals surface area contributed by atoms with E-state index in [1.54, 1.807) is 24.3 Å². The Morgan fingerprint density at radius 3 is 2.40 bits per heavy atom. The van der Waals surface area contributed by atoms with Crippen molar-refractivity contribution in [2.75, 3.05) is 6.61 Å². The van der Waals surface area contributed by atoms with E-state index >= 15 is 0 Å². The molecule has 0 spiro atoms. The van der Waals surface area contributed by atoms with Crippen LogP contribution in [-0.4, -0.2) is 12.4 Å². The summed E-state index contributed by atoms with van der Waals surface area (Å²) in [6, 6.07) is 12.4. The van der Waals surface area contributed by atoms with Crippen LogP contribution in [0.15, 0.2) is 42.5 Å². The Morgan fingerprint density at radius 2 is 1.75 bits per heavy atom. The molecule has 0 radical (unpaired) electrons. The van der Waals surface area contributed by atoms with Gasteiger partial charge in [-0.3, -0.25) is 5.41 Å². The molecule has 3 N–H and O–H groups in total. The molecule has 0 aliphatic carbocycles. The van der Waals surface area contributed by atoms with Crippen LogP contribution in [-0.2, 0) is 0 Å². The van der Waals surface area contributed by atoms with Gasteiger partial charge in [0.2, 0.25) is 0 Å². The summed E-state index contributed by atoms with van der Waals surface area (Å²) in [7, 11) is 0. The van der Waals surface area contributed by atoms with E-state index in [0.29, 0.717) is 34.4 Å². The number of amidine groups is 1. The minimum Gasteiger partial charge on any atom is -0.490 e. The van der Waals surface area contributed by atoms with Gasteiger partial charge in [0.05, 0.1) is 17.2 Å². The number of hydrogen-bond acceptors (Lipinski definition) is 3. The summed E-state index contributed by atoms with van der Waals surface area (Å²) in [5.41, 5.74) is 5.93. The lowest BCUT2D eigenvalue weighted by atomic mass is 10.2. The largest absolute Gasteiger partial charge is 0.490 e. The fourth-order valence-corrected chi connectivity index (χ4v) is 2.05. The van der Waals surface area contributed by atoms with Crippen LogP contribution in [0, 0.1) is 5.41 Å². The average molecular weight is 291 g/mol. The zero-order chi connectivity index (χ0) is 14.5. The molecule has 0 atom stereocenters. The van der Waals surface area contributed by atoms with Crippen LogP contribution in [0.1, 0.15) is 12.5 Å². The Bertz CT molecular complexity index is 629. The molecule has 0 heterocycles. The van der Waals surface area contributed by atoms with Gasteiger partial charge in [-0.05, 0) is 31.2 Å². The third-order valence-corrected chi connectivity index (χ3v) is 2.93. The van der Waals surface area contributed by atoms with Gasteiger partial charge in [0, 0.05) is 0 Å². The van der Waals surface area contributed by atoms with E-state index in [0.717, 1.165) is 0 Å². The molecule has 0 bridgehead atoms. The van der Waals surface area contributed by atoms with Crippen molar-refractivity contribution in [2.24, 2.45) is 5.73 Å². The number of ether oxygens (including phenoxy) is 2. The number of hydrogen-bond donors (Lipinski definition) is 2. The van der Waals surface area contributed by atoms with Gasteiger partial charge in [0.1, 0.15) is 11.6 Å². The van der Waals surface area contributed by atoms with Gasteiger partial charge in [-0.25, -0.2) is 0 Å². The third-order valence-electron chi connectivity index (χ3n) is 2.61. The molecule has 0 saturated heterocycles. The molecule has 0 saturated carbocycles. The van der Waals surface area contributed by atoms with Gasteiger partial charge in [-0.2, -0.15) is 0 Å². The van der Waals surface area contributed by atoms with E-state index in [2.05, 4.69) is 0 Å². The Kier molecular flexibility index (Phi) is 4.48. The summed E-state index contributed by atoms with van der Waals surface area (Å²) in [6.07, 6.45) is 0. The molecule has 20 heavy (non-hydrogen) atoms. The van der Waals surface area contributed by atoms with E-state index in [1.165, 1.54) is 0 Å². The smallest absolute Gasteiger partial charge is 0.169 e. The fraction of sp³-hybridized carbons (Fsp3) is 0.133. The lowest BCUT2D eigenvalue weighted by molar-refractivity contribution is 0.321. The van der Waals surface area contributed by atoms with Gasteiger partial charge in [0.25, 0.3) is 0 Å². The van der Waals surface area contributed by atoms with Crippen LogP contribution in [0.25, 0.3) is 0 Å². The van der Waals surface area contributed by atoms with Gasteiger partial charge < -0.3 is 15.2 Å². The molecule has 0 aliphatic rings. The van der Waals surface area contributed by atoms with Crippen LogP contribution in [0.4, 0.5) is 0 Å². The van der Waals surface area contributed by atoms with Crippen molar-refractivity contribution >= 4 is 17.4 Å². The van der Waals surface area contributed by atoms with E-state index in [1.807, 2.05) is 25.1 Å². The highest BCUT2D eigenvalue weighted by molar-refractivity contribution is 6.34. The van der Waals surface area contributed by atoms with E-state index in [9.17, 15) is 0 Å². The molecular weight excluding hydrogens is 276 g/mol. The molecular formula is C15H15ClN2O2. The zero-order valence-electron chi connectivity index (χ0n) is 11.0. The van der Waals surface area contributed by atoms with Gasteiger partial charge in [0.15, 0.2) is 11.5 Å². The maximum Gasteiger partial charge on any atom is 0.169 e. The van der Waals surface area contributed by atoms with Gasteiger partial charge >= 0.3 is 0 Å². The number of nitrogens with one attached hydrogen (secondary N) is 1. The van der Waals surface area contributed by atoms with E-state index in [-0.39, 0.29) is 5.84 Å². The number of benzene rings is 2. The molecule has 0 amide bonds. The molecule has 2 aromatic rings. The Hall–Kier alpha value is -2.20. The van der Waals surface area contributed by atoms with Crippen molar-refractivity contribution < 1.29 is 9.47 Å². The molecule has 2 aromatic carbocycles. The quantitative estimate of drug-likeness (QED) is 0.650. The maximum absolute atomic E-state index is 7.60. The fourth-order valence-electron chi connectivity index (χ4n) is 1.78. The first-order valence-electron chi connectivity index (χ1n) is 6.16. The molecule has 2 rings (SSSR count). The first kappa shape index (κ1) is 14.2. The number of rotatable bonds is 5. The first-order chi connectivity index (χ1) is 9.63. The topological polar surface area (TPSA) is 68.3 Å². The number of nitrogen functional groups attached to an aromatic ring is 1. The summed E-state index contributed by atoms with van der Waals surface area (Å²) >= 11 is 6.06. The minimum absolute atomic E-state index is 0.139. The van der Waals surface area contributed by atoms with Gasteiger partial charge in [-0.15, -0.1) is 0 Å². The molecule has 4 nitrogen and oxygen atoms in total. The second kappa shape index (κ2) is 6.30. The minimum atomic E-state index is -0.139. The molecule has 0 aromatic heterocycles. The molecule has 104 valence electrons. The van der Waals surface area contributed by atoms with Crippen LogP contribution in [0.3, 0.4) is 0 Å². The standard InChI is InChI=1S/C15H15ClN2O2/c1-2-19-11-7-3-4-8-12(11)20-13-9-5-6-10(16)14(13)15(17)18/h3-9H,2H2,1H3,(H3,17,18).